The van der Waals surface area contributed by atoms with Crippen molar-refractivity contribution in [2.24, 2.45) is 0 Å². The lowest BCUT2D eigenvalue weighted by molar-refractivity contribution is 0.0851. The van der Waals surface area contributed by atoms with Crippen LogP contribution in [0, 0.1) is 0 Å². The molecule has 30 heavy (non-hydrogen) atoms. The summed E-state index contributed by atoms with van der Waals surface area (Å²) >= 11 is 0. The Bertz CT molecular complexity index is 1050. The SMILES string of the molecule is CNc1cc(Nc2cccnc2OC)nc2c(C(=O)NC3CCC[C@H](O)C3)cnn12. The zero-order chi connectivity index (χ0) is 21.1. The van der Waals surface area contributed by atoms with Gasteiger partial charge in [-0.1, -0.05) is 0 Å². The molecule has 2 atom stereocenters. The summed E-state index contributed by atoms with van der Waals surface area (Å²) in [6.45, 7) is 0. The summed E-state index contributed by atoms with van der Waals surface area (Å²) in [4.78, 5) is 21.7. The van der Waals surface area contributed by atoms with E-state index in [1.807, 2.05) is 6.07 Å². The van der Waals surface area contributed by atoms with E-state index in [1.54, 1.807) is 37.0 Å². The molecule has 3 aromatic heterocycles. The average Bonchev–Trinajstić information content (AvgIpc) is 3.17. The van der Waals surface area contributed by atoms with E-state index >= 15 is 0 Å². The fraction of sp³-hybridized carbons (Fsp3) is 0.400. The van der Waals surface area contributed by atoms with Gasteiger partial charge in [-0.3, -0.25) is 4.79 Å². The number of ether oxygens (including phenoxy) is 1. The Morgan fingerprint density at radius 3 is 3.00 bits per heavy atom. The molecular weight excluding hydrogens is 386 g/mol. The molecule has 0 spiro atoms. The number of methoxy groups -OCH3 is 1. The van der Waals surface area contributed by atoms with Crippen LogP contribution in [0.15, 0.2) is 30.6 Å². The first kappa shape index (κ1) is 19.9. The van der Waals surface area contributed by atoms with Crippen molar-refractivity contribution < 1.29 is 14.6 Å². The molecule has 1 amide bonds. The van der Waals surface area contributed by atoms with Crippen molar-refractivity contribution in [3.8, 4) is 5.88 Å². The summed E-state index contributed by atoms with van der Waals surface area (Å²) in [5.41, 5.74) is 1.44. The van der Waals surface area contributed by atoms with Crippen molar-refractivity contribution in [3.63, 3.8) is 0 Å². The van der Waals surface area contributed by atoms with Crippen LogP contribution in [-0.2, 0) is 0 Å². The molecule has 0 aliphatic heterocycles. The number of amides is 1. The fourth-order valence-electron chi connectivity index (χ4n) is 3.71. The molecule has 0 radical (unpaired) electrons. The number of aliphatic hydroxyl groups excluding tert-OH is 1. The Morgan fingerprint density at radius 2 is 2.23 bits per heavy atom. The van der Waals surface area contributed by atoms with Crippen molar-refractivity contribution in [2.75, 3.05) is 24.8 Å². The van der Waals surface area contributed by atoms with E-state index in [1.165, 1.54) is 6.20 Å². The van der Waals surface area contributed by atoms with Crippen LogP contribution in [0.25, 0.3) is 5.65 Å². The van der Waals surface area contributed by atoms with Crippen LogP contribution >= 0.6 is 0 Å². The minimum absolute atomic E-state index is 0.0547. The molecule has 0 bridgehead atoms. The van der Waals surface area contributed by atoms with Crippen molar-refractivity contribution in [1.82, 2.24) is 24.9 Å². The van der Waals surface area contributed by atoms with Gasteiger partial charge in [0.05, 0.1) is 19.4 Å². The third kappa shape index (κ3) is 3.99. The number of aromatic nitrogens is 4. The number of carbonyl (C=O) groups excluding carboxylic acids is 1. The number of fused-ring (bicyclic) bond motifs is 1. The lowest BCUT2D eigenvalue weighted by atomic mass is 9.93. The van der Waals surface area contributed by atoms with Crippen LogP contribution in [0.2, 0.25) is 0 Å². The second-order valence-corrected chi connectivity index (χ2v) is 7.25. The van der Waals surface area contributed by atoms with Gasteiger partial charge in [0.25, 0.3) is 5.91 Å². The van der Waals surface area contributed by atoms with Crippen LogP contribution < -0.4 is 20.7 Å². The smallest absolute Gasteiger partial charge is 0.256 e. The molecule has 4 N–H and O–H groups in total. The minimum atomic E-state index is -0.368. The summed E-state index contributed by atoms with van der Waals surface area (Å²) in [6, 6.07) is 5.35. The Hall–Kier alpha value is -3.40. The van der Waals surface area contributed by atoms with E-state index in [0.717, 1.165) is 19.3 Å². The molecule has 1 unspecified atom stereocenters. The number of rotatable bonds is 6. The molecular formula is C20H25N7O3. The molecule has 158 valence electrons. The summed E-state index contributed by atoms with van der Waals surface area (Å²) in [5, 5.41) is 23.5. The standard InChI is InChI=1S/C20H25N7O3/c1-21-17-10-16(25-15-7-4-8-22-20(15)30-2)26-18-14(11-23-27(17)18)19(29)24-12-5-3-6-13(28)9-12/h4,7-8,10-13,21,28H,3,5-6,9H2,1-2H3,(H,24,29)(H,25,26)/t12?,13-/m0/s1. The van der Waals surface area contributed by atoms with Gasteiger partial charge in [0.2, 0.25) is 5.88 Å². The van der Waals surface area contributed by atoms with Gasteiger partial charge in [-0.15, -0.1) is 0 Å². The van der Waals surface area contributed by atoms with Crippen molar-refractivity contribution in [3.05, 3.63) is 36.2 Å². The van der Waals surface area contributed by atoms with E-state index in [2.05, 4.69) is 31.0 Å². The quantitative estimate of drug-likeness (QED) is 0.485. The number of hydrogen-bond donors (Lipinski definition) is 4. The lowest BCUT2D eigenvalue weighted by Crippen LogP contribution is -2.39. The number of pyridine rings is 1. The highest BCUT2D eigenvalue weighted by molar-refractivity contribution is 6.00. The number of aliphatic hydroxyl groups is 1. The number of hydrogen-bond acceptors (Lipinski definition) is 8. The van der Waals surface area contributed by atoms with Crippen molar-refractivity contribution >= 4 is 28.9 Å². The maximum Gasteiger partial charge on any atom is 0.256 e. The normalized spacial score (nSPS) is 18.8. The van der Waals surface area contributed by atoms with Crippen LogP contribution in [0.3, 0.4) is 0 Å². The molecule has 0 saturated heterocycles. The Labute approximate surface area is 173 Å². The second-order valence-electron chi connectivity index (χ2n) is 7.25. The highest BCUT2D eigenvalue weighted by Gasteiger charge is 2.24. The Morgan fingerprint density at radius 1 is 1.37 bits per heavy atom. The van der Waals surface area contributed by atoms with Gasteiger partial charge in [-0.2, -0.15) is 9.61 Å². The van der Waals surface area contributed by atoms with Crippen molar-refractivity contribution in [2.45, 2.75) is 37.8 Å². The molecule has 10 heteroatoms. The van der Waals surface area contributed by atoms with Crippen LogP contribution in [0.1, 0.15) is 36.0 Å². The molecule has 1 saturated carbocycles. The molecule has 3 heterocycles. The van der Waals surface area contributed by atoms with Gasteiger partial charge in [-0.25, -0.2) is 9.97 Å². The monoisotopic (exact) mass is 411 g/mol. The third-order valence-electron chi connectivity index (χ3n) is 5.18. The zero-order valence-electron chi connectivity index (χ0n) is 16.9. The summed E-state index contributed by atoms with van der Waals surface area (Å²) < 4.78 is 6.86. The average molecular weight is 411 g/mol. The molecule has 1 aliphatic carbocycles. The molecule has 0 aromatic carbocycles. The predicted molar refractivity (Wildman–Crippen MR) is 112 cm³/mol. The Kier molecular flexibility index (Phi) is 5.66. The van der Waals surface area contributed by atoms with E-state index in [-0.39, 0.29) is 18.1 Å². The van der Waals surface area contributed by atoms with Gasteiger partial charge >= 0.3 is 0 Å². The maximum atomic E-state index is 12.9. The fourth-order valence-corrected chi connectivity index (χ4v) is 3.71. The van der Waals surface area contributed by atoms with Gasteiger partial charge in [0.15, 0.2) is 5.65 Å². The largest absolute Gasteiger partial charge is 0.480 e. The van der Waals surface area contributed by atoms with E-state index in [4.69, 9.17) is 4.74 Å². The maximum absolute atomic E-state index is 12.9. The first-order valence-electron chi connectivity index (χ1n) is 9.90. The van der Waals surface area contributed by atoms with Crippen LogP contribution in [-0.4, -0.2) is 56.9 Å². The molecule has 3 aromatic rings. The zero-order valence-corrected chi connectivity index (χ0v) is 16.9. The topological polar surface area (TPSA) is 126 Å². The van der Waals surface area contributed by atoms with Gasteiger partial charge < -0.3 is 25.8 Å². The van der Waals surface area contributed by atoms with Crippen molar-refractivity contribution in [1.29, 1.82) is 0 Å². The first-order valence-corrected chi connectivity index (χ1v) is 9.90. The van der Waals surface area contributed by atoms with Gasteiger partial charge in [0.1, 0.15) is 22.9 Å². The van der Waals surface area contributed by atoms with E-state index in [9.17, 15) is 9.90 Å². The van der Waals surface area contributed by atoms with E-state index < -0.39 is 0 Å². The van der Waals surface area contributed by atoms with Gasteiger partial charge in [-0.05, 0) is 37.8 Å². The molecule has 4 rings (SSSR count). The van der Waals surface area contributed by atoms with Gasteiger partial charge in [0, 0.05) is 25.4 Å². The first-order chi connectivity index (χ1) is 14.6. The molecule has 1 aliphatic rings. The van der Waals surface area contributed by atoms with Crippen LogP contribution in [0.5, 0.6) is 5.88 Å². The van der Waals surface area contributed by atoms with Crippen LogP contribution in [0.4, 0.5) is 17.3 Å². The van der Waals surface area contributed by atoms with E-state index in [0.29, 0.717) is 40.8 Å². The molecule has 10 nitrogen and oxygen atoms in total. The molecule has 1 fully saturated rings. The summed E-state index contributed by atoms with van der Waals surface area (Å²) in [6.07, 6.45) is 5.87. The number of carbonyl (C=O) groups is 1. The number of nitrogens with one attached hydrogen (secondary N) is 3. The Balaban J connectivity index is 1.65. The minimum Gasteiger partial charge on any atom is -0.480 e. The second kappa shape index (κ2) is 8.54. The number of anilines is 3. The summed E-state index contributed by atoms with van der Waals surface area (Å²) in [5.74, 6) is 1.36. The summed E-state index contributed by atoms with van der Waals surface area (Å²) in [7, 11) is 3.32. The highest BCUT2D eigenvalue weighted by atomic mass is 16.5. The number of nitrogens with zero attached hydrogens (tertiary/aromatic N) is 4. The highest BCUT2D eigenvalue weighted by Crippen LogP contribution is 2.26. The lowest BCUT2D eigenvalue weighted by Gasteiger charge is -2.26. The third-order valence-corrected chi connectivity index (χ3v) is 5.18. The predicted octanol–water partition coefficient (Wildman–Crippen LogP) is 1.95.